The van der Waals surface area contributed by atoms with Gasteiger partial charge in [-0.3, -0.25) is 9.59 Å². The first kappa shape index (κ1) is 23.1. The molecule has 2 aliphatic carbocycles. The maximum absolute atomic E-state index is 13.1. The first-order valence-corrected chi connectivity index (χ1v) is 13.1. The number of halogens is 1. The van der Waals surface area contributed by atoms with Gasteiger partial charge < -0.3 is 16.0 Å². The molecular weight excluding hydrogens is 472 g/mol. The average molecular weight is 501 g/mol. The second-order valence-electron chi connectivity index (χ2n) is 9.33. The Balaban J connectivity index is 1.26. The van der Waals surface area contributed by atoms with Crippen LogP contribution in [0.25, 0.3) is 5.65 Å². The molecule has 3 N–H and O–H groups in total. The Morgan fingerprint density at radius 1 is 1.21 bits per heavy atom. The number of carbonyl (C=O) groups excluding carboxylic acids is 2. The van der Waals surface area contributed by atoms with Crippen molar-refractivity contribution in [2.45, 2.75) is 70.0 Å². The predicted molar refractivity (Wildman–Crippen MR) is 133 cm³/mol. The van der Waals surface area contributed by atoms with Gasteiger partial charge in [-0.05, 0) is 44.2 Å². The van der Waals surface area contributed by atoms with Crippen LogP contribution in [-0.2, 0) is 4.79 Å². The van der Waals surface area contributed by atoms with Crippen molar-refractivity contribution in [3.63, 3.8) is 0 Å². The summed E-state index contributed by atoms with van der Waals surface area (Å²) in [4.78, 5) is 31.7. The molecule has 0 saturated heterocycles. The number of carbonyl (C=O) groups is 2. The first-order chi connectivity index (χ1) is 16.5. The molecule has 0 bridgehead atoms. The maximum atomic E-state index is 13.1. The number of thiophene rings is 1. The van der Waals surface area contributed by atoms with Crippen molar-refractivity contribution in [3.05, 3.63) is 45.4 Å². The second-order valence-corrected chi connectivity index (χ2v) is 10.8. The van der Waals surface area contributed by atoms with Crippen molar-refractivity contribution in [1.29, 1.82) is 0 Å². The predicted octanol–water partition coefficient (Wildman–Crippen LogP) is 4.57. The van der Waals surface area contributed by atoms with Gasteiger partial charge in [0.15, 0.2) is 5.65 Å². The summed E-state index contributed by atoms with van der Waals surface area (Å²) in [7, 11) is 0. The van der Waals surface area contributed by atoms with Crippen LogP contribution in [0.4, 0.5) is 5.82 Å². The van der Waals surface area contributed by atoms with Crippen LogP contribution in [0.1, 0.15) is 72.5 Å². The van der Waals surface area contributed by atoms with E-state index in [1.54, 1.807) is 22.8 Å². The number of nitrogens with zero attached hydrogens (tertiary/aromatic N) is 3. The summed E-state index contributed by atoms with van der Waals surface area (Å²) in [6.07, 6.45) is 9.14. The van der Waals surface area contributed by atoms with Crippen molar-refractivity contribution in [2.75, 3.05) is 5.32 Å². The van der Waals surface area contributed by atoms with Crippen molar-refractivity contribution in [2.24, 2.45) is 5.92 Å². The van der Waals surface area contributed by atoms with E-state index in [4.69, 9.17) is 11.6 Å². The van der Waals surface area contributed by atoms with E-state index in [9.17, 15) is 9.59 Å². The lowest BCUT2D eigenvalue weighted by atomic mass is 9.97. The van der Waals surface area contributed by atoms with E-state index < -0.39 is 6.04 Å². The lowest BCUT2D eigenvalue weighted by molar-refractivity contribution is -0.123. The summed E-state index contributed by atoms with van der Waals surface area (Å²) < 4.78 is 1.69. The minimum Gasteiger partial charge on any atom is -0.363 e. The van der Waals surface area contributed by atoms with Gasteiger partial charge >= 0.3 is 0 Å². The minimum atomic E-state index is -0.482. The standard InChI is InChI=1S/C24H29ClN6O2S/c1-14(27-22-13-20(25)30-21-10-11-26-31(21)22)18-8-9-19(34-18)24(33)29-17(12-15-4-2-3-5-15)23(32)28-16-6-7-16/h8-11,13-17,27H,2-7,12H2,1H3,(H,28,32)(H,29,33)/t14-,17-/m0/s1. The third-order valence-electron chi connectivity index (χ3n) is 6.56. The van der Waals surface area contributed by atoms with Crippen LogP contribution >= 0.6 is 22.9 Å². The van der Waals surface area contributed by atoms with Crippen molar-refractivity contribution in [3.8, 4) is 0 Å². The van der Waals surface area contributed by atoms with E-state index in [1.165, 1.54) is 24.2 Å². The molecule has 2 fully saturated rings. The molecule has 0 radical (unpaired) electrons. The number of rotatable bonds is 9. The molecule has 34 heavy (non-hydrogen) atoms. The lowest BCUT2D eigenvalue weighted by Crippen LogP contribution is -2.48. The zero-order chi connectivity index (χ0) is 23.7. The Bertz CT molecular complexity index is 1180. The van der Waals surface area contributed by atoms with Gasteiger partial charge in [-0.1, -0.05) is 37.3 Å². The summed E-state index contributed by atoms with van der Waals surface area (Å²) >= 11 is 7.57. The minimum absolute atomic E-state index is 0.0487. The Morgan fingerprint density at radius 3 is 2.76 bits per heavy atom. The third-order valence-corrected chi connectivity index (χ3v) is 8.02. The molecule has 2 atom stereocenters. The van der Waals surface area contributed by atoms with Crippen LogP contribution in [0, 0.1) is 5.92 Å². The van der Waals surface area contributed by atoms with Gasteiger partial charge in [0.05, 0.1) is 17.1 Å². The van der Waals surface area contributed by atoms with Crippen LogP contribution in [0.15, 0.2) is 30.5 Å². The summed E-state index contributed by atoms with van der Waals surface area (Å²) in [5, 5.41) is 14.2. The number of hydrogen-bond donors (Lipinski definition) is 3. The van der Waals surface area contributed by atoms with Gasteiger partial charge in [0, 0.05) is 23.1 Å². The van der Waals surface area contributed by atoms with Crippen LogP contribution in [0.2, 0.25) is 5.15 Å². The Labute approximate surface area is 207 Å². The number of hydrogen-bond acceptors (Lipinski definition) is 6. The highest BCUT2D eigenvalue weighted by Gasteiger charge is 2.31. The van der Waals surface area contributed by atoms with Gasteiger partial charge in [-0.15, -0.1) is 11.3 Å². The number of aromatic nitrogens is 3. The molecule has 0 aromatic carbocycles. The lowest BCUT2D eigenvalue weighted by Gasteiger charge is -2.21. The van der Waals surface area contributed by atoms with Gasteiger partial charge in [0.2, 0.25) is 5.91 Å². The van der Waals surface area contributed by atoms with Crippen LogP contribution in [0.3, 0.4) is 0 Å². The van der Waals surface area contributed by atoms with E-state index >= 15 is 0 Å². The fraction of sp³-hybridized carbons (Fsp3) is 0.500. The molecule has 0 aliphatic heterocycles. The average Bonchev–Trinajstić information content (AvgIpc) is 3.22. The SMILES string of the molecule is C[C@H](Nc1cc(Cl)nc2ccnn12)c1ccc(C(=O)N[C@@H](CC2CCCC2)C(=O)NC2CC2)s1. The molecule has 3 aromatic rings. The fourth-order valence-corrected chi connectivity index (χ4v) is 5.66. The quantitative estimate of drug-likeness (QED) is 0.373. The zero-order valence-electron chi connectivity index (χ0n) is 19.1. The molecule has 180 valence electrons. The zero-order valence-corrected chi connectivity index (χ0v) is 20.7. The van der Waals surface area contributed by atoms with Crippen LogP contribution in [0.5, 0.6) is 0 Å². The highest BCUT2D eigenvalue weighted by molar-refractivity contribution is 7.14. The molecule has 3 heterocycles. The molecule has 10 heteroatoms. The Kier molecular flexibility index (Phi) is 6.74. The van der Waals surface area contributed by atoms with Crippen molar-refractivity contribution < 1.29 is 9.59 Å². The Hall–Kier alpha value is -2.65. The summed E-state index contributed by atoms with van der Waals surface area (Å²) in [5.74, 6) is 0.983. The van der Waals surface area contributed by atoms with Crippen molar-refractivity contribution in [1.82, 2.24) is 25.2 Å². The highest BCUT2D eigenvalue weighted by atomic mass is 35.5. The third kappa shape index (κ3) is 5.36. The summed E-state index contributed by atoms with van der Waals surface area (Å²) in [6, 6.07) is 6.99. The maximum Gasteiger partial charge on any atom is 0.262 e. The van der Waals surface area contributed by atoms with Crippen molar-refractivity contribution >= 4 is 46.2 Å². The monoisotopic (exact) mass is 500 g/mol. The summed E-state index contributed by atoms with van der Waals surface area (Å²) in [5.41, 5.74) is 0.659. The van der Waals surface area contributed by atoms with E-state index in [2.05, 4.69) is 26.0 Å². The van der Waals surface area contributed by atoms with E-state index in [1.807, 2.05) is 19.1 Å². The normalized spacial score (nSPS) is 18.1. The first-order valence-electron chi connectivity index (χ1n) is 11.9. The molecule has 5 rings (SSSR count). The molecular formula is C24H29ClN6O2S. The van der Waals surface area contributed by atoms with Gasteiger partial charge in [-0.2, -0.15) is 9.61 Å². The molecule has 8 nitrogen and oxygen atoms in total. The van der Waals surface area contributed by atoms with Crippen LogP contribution < -0.4 is 16.0 Å². The van der Waals surface area contributed by atoms with E-state index in [-0.39, 0.29) is 23.9 Å². The molecule has 0 spiro atoms. The molecule has 2 amide bonds. The summed E-state index contributed by atoms with van der Waals surface area (Å²) in [6.45, 7) is 2.02. The highest BCUT2D eigenvalue weighted by Crippen LogP contribution is 2.30. The van der Waals surface area contributed by atoms with Gasteiger partial charge in [-0.25, -0.2) is 4.98 Å². The number of nitrogens with one attached hydrogen (secondary N) is 3. The Morgan fingerprint density at radius 2 is 2.00 bits per heavy atom. The number of anilines is 1. The van der Waals surface area contributed by atoms with E-state index in [0.29, 0.717) is 28.0 Å². The molecule has 2 saturated carbocycles. The largest absolute Gasteiger partial charge is 0.363 e. The van der Waals surface area contributed by atoms with E-state index in [0.717, 1.165) is 36.4 Å². The molecule has 3 aromatic heterocycles. The topological polar surface area (TPSA) is 100 Å². The van der Waals surface area contributed by atoms with Gasteiger partial charge in [0.25, 0.3) is 5.91 Å². The fourth-order valence-electron chi connectivity index (χ4n) is 4.56. The molecule has 2 aliphatic rings. The number of fused-ring (bicyclic) bond motifs is 1. The van der Waals surface area contributed by atoms with Gasteiger partial charge in [0.1, 0.15) is 17.0 Å². The van der Waals surface area contributed by atoms with Crippen LogP contribution in [-0.4, -0.2) is 38.5 Å². The molecule has 0 unspecified atom stereocenters. The number of amides is 2. The smallest absolute Gasteiger partial charge is 0.262 e. The second kappa shape index (κ2) is 9.92.